The number of nitrogens with zero attached hydrogens (tertiary/aromatic N) is 1. The molecule has 0 aromatic heterocycles. The molecule has 1 aromatic carbocycles. The topological polar surface area (TPSA) is 32.3 Å². The van der Waals surface area contributed by atoms with Crippen LogP contribution in [-0.2, 0) is 17.6 Å². The lowest BCUT2D eigenvalue weighted by molar-refractivity contribution is -0.114. The summed E-state index contributed by atoms with van der Waals surface area (Å²) in [5.41, 5.74) is 5.25. The average molecular weight is 230 g/mol. The maximum absolute atomic E-state index is 11.1. The first-order chi connectivity index (χ1) is 8.24. The Kier molecular flexibility index (Phi) is 2.54. The first kappa shape index (κ1) is 10.6. The maximum Gasteiger partial charge on any atom is 0.221 e. The third-order valence-corrected chi connectivity index (χ3v) is 3.65. The summed E-state index contributed by atoms with van der Waals surface area (Å²) >= 11 is 0. The number of carbonyl (C=O) groups is 1. The van der Waals surface area contributed by atoms with Gasteiger partial charge in [0.15, 0.2) is 0 Å². The zero-order valence-corrected chi connectivity index (χ0v) is 10.3. The molecule has 3 rings (SSSR count). The molecule has 0 fully saturated rings. The first-order valence-electron chi connectivity index (χ1n) is 6.42. The van der Waals surface area contributed by atoms with E-state index >= 15 is 0 Å². The molecule has 0 atom stereocenters. The highest BCUT2D eigenvalue weighted by molar-refractivity contribution is 5.89. The highest BCUT2D eigenvalue weighted by Gasteiger charge is 2.24. The predicted molar refractivity (Wildman–Crippen MR) is 69.6 cm³/mol. The van der Waals surface area contributed by atoms with Crippen LogP contribution in [0.1, 0.15) is 30.9 Å². The second kappa shape index (κ2) is 4.06. The highest BCUT2D eigenvalue weighted by atomic mass is 16.1. The van der Waals surface area contributed by atoms with Crippen LogP contribution in [0.4, 0.5) is 11.4 Å². The molecule has 1 aromatic rings. The molecule has 3 heteroatoms. The molecule has 90 valence electrons. The van der Waals surface area contributed by atoms with Crippen LogP contribution >= 0.6 is 0 Å². The zero-order valence-electron chi connectivity index (χ0n) is 10.3. The van der Waals surface area contributed by atoms with Crippen molar-refractivity contribution in [2.24, 2.45) is 0 Å². The summed E-state index contributed by atoms with van der Waals surface area (Å²) in [5, 5.41) is 2.91. The second-order valence-electron chi connectivity index (χ2n) is 5.02. The molecule has 17 heavy (non-hydrogen) atoms. The van der Waals surface area contributed by atoms with Crippen molar-refractivity contribution in [2.45, 2.75) is 32.6 Å². The van der Waals surface area contributed by atoms with Gasteiger partial charge in [-0.05, 0) is 48.9 Å². The average Bonchev–Trinajstić information content (AvgIpc) is 2.28. The van der Waals surface area contributed by atoms with Gasteiger partial charge in [-0.3, -0.25) is 4.79 Å². The Morgan fingerprint density at radius 3 is 2.29 bits per heavy atom. The molecule has 0 unspecified atom stereocenters. The fraction of sp³-hybridized carbons (Fsp3) is 0.500. The normalized spacial score (nSPS) is 17.6. The number of nitrogens with one attached hydrogen (secondary N) is 1. The largest absolute Gasteiger partial charge is 0.371 e. The van der Waals surface area contributed by atoms with Crippen LogP contribution in [0.25, 0.3) is 0 Å². The monoisotopic (exact) mass is 230 g/mol. The van der Waals surface area contributed by atoms with Gasteiger partial charge in [-0.25, -0.2) is 0 Å². The lowest BCUT2D eigenvalue weighted by Gasteiger charge is -2.37. The summed E-state index contributed by atoms with van der Waals surface area (Å²) in [7, 11) is 0. The summed E-state index contributed by atoms with van der Waals surface area (Å²) in [6.07, 6.45) is 4.75. The van der Waals surface area contributed by atoms with Gasteiger partial charge in [0.05, 0.1) is 0 Å². The van der Waals surface area contributed by atoms with Crippen LogP contribution in [0.15, 0.2) is 12.1 Å². The van der Waals surface area contributed by atoms with Crippen molar-refractivity contribution in [3.8, 4) is 0 Å². The Labute approximate surface area is 102 Å². The number of aryl methyl sites for hydroxylation is 2. The van der Waals surface area contributed by atoms with Crippen molar-refractivity contribution < 1.29 is 4.79 Å². The van der Waals surface area contributed by atoms with Crippen molar-refractivity contribution >= 4 is 17.3 Å². The molecule has 1 amide bonds. The van der Waals surface area contributed by atoms with Crippen molar-refractivity contribution in [1.82, 2.24) is 0 Å². The molecule has 2 heterocycles. The van der Waals surface area contributed by atoms with Gasteiger partial charge >= 0.3 is 0 Å². The Balaban J connectivity index is 2.05. The maximum atomic E-state index is 11.1. The van der Waals surface area contributed by atoms with E-state index in [1.807, 2.05) is 0 Å². The fourth-order valence-corrected chi connectivity index (χ4v) is 3.08. The molecule has 3 nitrogen and oxygen atoms in total. The number of rotatable bonds is 1. The van der Waals surface area contributed by atoms with Crippen LogP contribution in [0.5, 0.6) is 0 Å². The summed E-state index contributed by atoms with van der Waals surface area (Å²) in [4.78, 5) is 13.6. The van der Waals surface area contributed by atoms with Crippen LogP contribution in [0.3, 0.4) is 0 Å². The van der Waals surface area contributed by atoms with Crippen molar-refractivity contribution in [3.05, 3.63) is 23.3 Å². The lowest BCUT2D eigenvalue weighted by Crippen LogP contribution is -2.34. The van der Waals surface area contributed by atoms with Gasteiger partial charge in [-0.2, -0.15) is 0 Å². The van der Waals surface area contributed by atoms with Crippen LogP contribution in [0, 0.1) is 0 Å². The predicted octanol–water partition coefficient (Wildman–Crippen LogP) is 2.34. The fourth-order valence-electron chi connectivity index (χ4n) is 3.08. The first-order valence-corrected chi connectivity index (χ1v) is 6.42. The van der Waals surface area contributed by atoms with E-state index < -0.39 is 0 Å². The Hall–Kier alpha value is -1.51. The summed E-state index contributed by atoms with van der Waals surface area (Å²) < 4.78 is 0. The van der Waals surface area contributed by atoms with E-state index in [1.165, 1.54) is 42.7 Å². The molecule has 0 bridgehead atoms. The van der Waals surface area contributed by atoms with E-state index in [-0.39, 0.29) is 5.91 Å². The second-order valence-corrected chi connectivity index (χ2v) is 5.02. The van der Waals surface area contributed by atoms with Crippen LogP contribution in [0.2, 0.25) is 0 Å². The summed E-state index contributed by atoms with van der Waals surface area (Å²) in [6, 6.07) is 4.30. The van der Waals surface area contributed by atoms with Gasteiger partial charge in [-0.1, -0.05) is 0 Å². The summed E-state index contributed by atoms with van der Waals surface area (Å²) in [5.74, 6) is 0.0145. The minimum absolute atomic E-state index is 0.0145. The Bertz CT molecular complexity index is 436. The molecule has 0 saturated heterocycles. The highest BCUT2D eigenvalue weighted by Crippen LogP contribution is 2.37. The smallest absolute Gasteiger partial charge is 0.221 e. The van der Waals surface area contributed by atoms with Gasteiger partial charge in [0.1, 0.15) is 0 Å². The van der Waals surface area contributed by atoms with Crippen LogP contribution in [-0.4, -0.2) is 19.0 Å². The quantitative estimate of drug-likeness (QED) is 0.803. The SMILES string of the molecule is CC(=O)Nc1cc2c3c(c1)CCCN3CCC2. The molecule has 0 spiro atoms. The van der Waals surface area contributed by atoms with Crippen molar-refractivity contribution in [3.63, 3.8) is 0 Å². The van der Waals surface area contributed by atoms with E-state index in [0.29, 0.717) is 0 Å². The standard InChI is InChI=1S/C14H18N2O/c1-10(17)15-13-8-11-4-2-6-16-7-3-5-12(9-13)14(11)16/h8-9H,2-7H2,1H3,(H,15,17). The number of hydrogen-bond donors (Lipinski definition) is 1. The van der Waals surface area contributed by atoms with Crippen LogP contribution < -0.4 is 10.2 Å². The molecule has 1 N–H and O–H groups in total. The number of carbonyl (C=O) groups excluding carboxylic acids is 1. The van der Waals surface area contributed by atoms with Gasteiger partial charge in [0.25, 0.3) is 0 Å². The van der Waals surface area contributed by atoms with E-state index in [1.54, 1.807) is 6.92 Å². The minimum Gasteiger partial charge on any atom is -0.371 e. The number of hydrogen-bond acceptors (Lipinski definition) is 2. The van der Waals surface area contributed by atoms with E-state index in [4.69, 9.17) is 0 Å². The molecule has 2 aliphatic heterocycles. The van der Waals surface area contributed by atoms with Crippen molar-refractivity contribution in [1.29, 1.82) is 0 Å². The lowest BCUT2D eigenvalue weighted by atomic mass is 9.91. The van der Waals surface area contributed by atoms with Gasteiger partial charge in [0, 0.05) is 31.4 Å². The number of anilines is 2. The van der Waals surface area contributed by atoms with E-state index in [9.17, 15) is 4.79 Å². The van der Waals surface area contributed by atoms with E-state index in [0.717, 1.165) is 18.5 Å². The Morgan fingerprint density at radius 1 is 1.18 bits per heavy atom. The molecule has 0 saturated carbocycles. The molecule has 0 radical (unpaired) electrons. The zero-order chi connectivity index (χ0) is 11.8. The Morgan fingerprint density at radius 2 is 1.76 bits per heavy atom. The number of benzene rings is 1. The minimum atomic E-state index is 0.0145. The molecule has 2 aliphatic rings. The summed E-state index contributed by atoms with van der Waals surface area (Å²) in [6.45, 7) is 3.95. The van der Waals surface area contributed by atoms with Gasteiger partial charge in [-0.15, -0.1) is 0 Å². The molecular formula is C14H18N2O. The molecular weight excluding hydrogens is 212 g/mol. The molecule has 0 aliphatic carbocycles. The van der Waals surface area contributed by atoms with E-state index in [2.05, 4.69) is 22.3 Å². The van der Waals surface area contributed by atoms with Crippen molar-refractivity contribution in [2.75, 3.05) is 23.3 Å². The third-order valence-electron chi connectivity index (χ3n) is 3.65. The van der Waals surface area contributed by atoms with Gasteiger partial charge in [0.2, 0.25) is 5.91 Å². The third kappa shape index (κ3) is 1.90. The van der Waals surface area contributed by atoms with Gasteiger partial charge < -0.3 is 10.2 Å². The number of amides is 1.